The van der Waals surface area contributed by atoms with Gasteiger partial charge in [0.2, 0.25) is 5.88 Å². The minimum absolute atomic E-state index is 0.128. The zero-order chi connectivity index (χ0) is 15.4. The number of nitrogens with two attached hydrogens (primary N) is 1. The van der Waals surface area contributed by atoms with Crippen molar-refractivity contribution < 1.29 is 4.74 Å². The van der Waals surface area contributed by atoms with Crippen molar-refractivity contribution in [2.75, 3.05) is 5.43 Å². The lowest BCUT2D eigenvalue weighted by Gasteiger charge is -2.38. The smallest absolute Gasteiger partial charge is 0.235 e. The summed E-state index contributed by atoms with van der Waals surface area (Å²) in [7, 11) is 0. The van der Waals surface area contributed by atoms with E-state index in [2.05, 4.69) is 31.2 Å². The number of ether oxygens (including phenoxy) is 1. The molecule has 2 saturated carbocycles. The molecule has 2 fully saturated rings. The number of nitrogens with one attached hydrogen (secondary N) is 1. The number of fused-ring (bicyclic) bond motifs is 2. The Labute approximate surface area is 135 Å². The fourth-order valence-corrected chi connectivity index (χ4v) is 4.53. The number of hydrogen-bond donors (Lipinski definition) is 2. The van der Waals surface area contributed by atoms with Crippen LogP contribution in [0.2, 0.25) is 10.0 Å². The summed E-state index contributed by atoms with van der Waals surface area (Å²) in [5.41, 5.74) is 2.90. The number of nitrogen functional groups attached to an aromatic ring is 1. The normalized spacial score (nSPS) is 33.2. The Kier molecular flexibility index (Phi) is 3.55. The van der Waals surface area contributed by atoms with Gasteiger partial charge >= 0.3 is 0 Å². The van der Waals surface area contributed by atoms with Crippen LogP contribution in [0, 0.1) is 16.7 Å². The highest BCUT2D eigenvalue weighted by atomic mass is 35.5. The average molecular weight is 330 g/mol. The van der Waals surface area contributed by atoms with E-state index in [0.29, 0.717) is 27.7 Å². The van der Waals surface area contributed by atoms with Crippen LogP contribution in [0.3, 0.4) is 0 Å². The molecule has 0 saturated heterocycles. The third kappa shape index (κ3) is 2.11. The second kappa shape index (κ2) is 4.90. The summed E-state index contributed by atoms with van der Waals surface area (Å²) < 4.78 is 6.18. The van der Waals surface area contributed by atoms with Crippen LogP contribution in [0.4, 0.5) is 5.82 Å². The first kappa shape index (κ1) is 15.2. The minimum atomic E-state index is 0.128. The van der Waals surface area contributed by atoms with Crippen LogP contribution in [-0.4, -0.2) is 11.1 Å². The zero-order valence-electron chi connectivity index (χ0n) is 12.5. The van der Waals surface area contributed by atoms with Gasteiger partial charge in [0.25, 0.3) is 0 Å². The van der Waals surface area contributed by atoms with Gasteiger partial charge in [-0.1, -0.05) is 44.0 Å². The Morgan fingerprint density at radius 1 is 1.33 bits per heavy atom. The van der Waals surface area contributed by atoms with Crippen LogP contribution in [0.25, 0.3) is 0 Å². The third-order valence-corrected chi connectivity index (χ3v) is 6.56. The van der Waals surface area contributed by atoms with Crippen molar-refractivity contribution in [2.45, 2.75) is 46.1 Å². The van der Waals surface area contributed by atoms with Crippen molar-refractivity contribution >= 4 is 29.0 Å². The van der Waals surface area contributed by atoms with E-state index in [1.54, 1.807) is 6.07 Å². The molecule has 0 amide bonds. The molecule has 6 heteroatoms. The molecular weight excluding hydrogens is 309 g/mol. The Bertz CT molecular complexity index is 578. The van der Waals surface area contributed by atoms with E-state index in [4.69, 9.17) is 33.8 Å². The number of anilines is 1. The van der Waals surface area contributed by atoms with Crippen molar-refractivity contribution in [1.29, 1.82) is 0 Å². The summed E-state index contributed by atoms with van der Waals surface area (Å²) in [5, 5.41) is 0.803. The van der Waals surface area contributed by atoms with Crippen molar-refractivity contribution in [2.24, 2.45) is 22.6 Å². The lowest BCUT2D eigenvalue weighted by atomic mass is 9.70. The van der Waals surface area contributed by atoms with Gasteiger partial charge in [-0.2, -0.15) is 4.98 Å². The molecular formula is C15H21Cl2N3O. The molecule has 0 aliphatic heterocycles. The largest absolute Gasteiger partial charge is 0.473 e. The molecule has 4 nitrogen and oxygen atoms in total. The molecule has 0 spiro atoms. The van der Waals surface area contributed by atoms with Gasteiger partial charge in [0.05, 0.1) is 5.02 Å². The molecule has 116 valence electrons. The predicted molar refractivity (Wildman–Crippen MR) is 85.7 cm³/mol. The monoisotopic (exact) mass is 329 g/mol. The van der Waals surface area contributed by atoms with Crippen LogP contribution in [0.1, 0.15) is 40.0 Å². The van der Waals surface area contributed by atoms with Crippen molar-refractivity contribution in [1.82, 2.24) is 4.98 Å². The SMILES string of the molecule is CC1(C)C2CCC1(C)C(Oc1nc(NN)c(Cl)cc1Cl)C2. The first-order valence-corrected chi connectivity index (χ1v) is 8.04. The highest BCUT2D eigenvalue weighted by Gasteiger charge is 2.62. The molecule has 21 heavy (non-hydrogen) atoms. The maximum atomic E-state index is 6.21. The fourth-order valence-electron chi connectivity index (χ4n) is 4.08. The van der Waals surface area contributed by atoms with Crippen LogP contribution >= 0.6 is 23.2 Å². The topological polar surface area (TPSA) is 60.2 Å². The summed E-state index contributed by atoms with van der Waals surface area (Å²) in [5.74, 6) is 6.90. The highest BCUT2D eigenvalue weighted by molar-refractivity contribution is 6.36. The van der Waals surface area contributed by atoms with Gasteiger partial charge in [0, 0.05) is 5.41 Å². The molecule has 0 aromatic carbocycles. The number of hydrogen-bond acceptors (Lipinski definition) is 4. The summed E-state index contributed by atoms with van der Waals surface area (Å²) in [6.45, 7) is 7.01. The molecule has 0 radical (unpaired) electrons. The van der Waals surface area contributed by atoms with Gasteiger partial charge < -0.3 is 10.2 Å². The molecule has 3 atom stereocenters. The van der Waals surface area contributed by atoms with Crippen LogP contribution in [0.5, 0.6) is 5.88 Å². The Hall–Kier alpha value is -0.710. The first-order chi connectivity index (χ1) is 9.79. The molecule has 1 aromatic rings. The average Bonchev–Trinajstić information content (AvgIpc) is 2.75. The molecule has 2 aliphatic carbocycles. The van der Waals surface area contributed by atoms with E-state index in [0.717, 1.165) is 6.42 Å². The summed E-state index contributed by atoms with van der Waals surface area (Å²) in [6.07, 6.45) is 3.64. The van der Waals surface area contributed by atoms with E-state index < -0.39 is 0 Å². The number of rotatable bonds is 3. The molecule has 3 N–H and O–H groups in total. The quantitative estimate of drug-likeness (QED) is 0.642. The van der Waals surface area contributed by atoms with Crippen LogP contribution < -0.4 is 16.0 Å². The second-order valence-electron chi connectivity index (χ2n) is 6.97. The highest BCUT2D eigenvalue weighted by Crippen LogP contribution is 2.66. The Morgan fingerprint density at radius 2 is 2.05 bits per heavy atom. The number of hydrazine groups is 1. The lowest BCUT2D eigenvalue weighted by Crippen LogP contribution is -2.39. The Morgan fingerprint density at radius 3 is 2.57 bits per heavy atom. The van der Waals surface area contributed by atoms with E-state index in [-0.39, 0.29) is 16.9 Å². The zero-order valence-corrected chi connectivity index (χ0v) is 14.1. The van der Waals surface area contributed by atoms with E-state index >= 15 is 0 Å². The second-order valence-corrected chi connectivity index (χ2v) is 7.78. The van der Waals surface area contributed by atoms with Gasteiger partial charge in [-0.15, -0.1) is 0 Å². The molecule has 1 aromatic heterocycles. The summed E-state index contributed by atoms with van der Waals surface area (Å²) in [6, 6.07) is 1.61. The number of pyridine rings is 1. The van der Waals surface area contributed by atoms with Crippen LogP contribution in [-0.2, 0) is 0 Å². The number of nitrogens with zero attached hydrogens (tertiary/aromatic N) is 1. The number of aromatic nitrogens is 1. The first-order valence-electron chi connectivity index (χ1n) is 7.29. The van der Waals surface area contributed by atoms with Crippen LogP contribution in [0.15, 0.2) is 6.07 Å². The molecule has 1 heterocycles. The third-order valence-electron chi connectivity index (χ3n) is 6.00. The van der Waals surface area contributed by atoms with Gasteiger partial charge in [0.1, 0.15) is 11.1 Å². The fraction of sp³-hybridized carbons (Fsp3) is 0.667. The van der Waals surface area contributed by atoms with Crippen molar-refractivity contribution in [3.63, 3.8) is 0 Å². The maximum absolute atomic E-state index is 6.21. The van der Waals surface area contributed by atoms with E-state index in [1.807, 2.05) is 0 Å². The van der Waals surface area contributed by atoms with Gasteiger partial charge in [-0.3, -0.25) is 0 Å². The number of halogens is 2. The van der Waals surface area contributed by atoms with E-state index in [1.165, 1.54) is 12.8 Å². The van der Waals surface area contributed by atoms with Gasteiger partial charge in [0.15, 0.2) is 5.82 Å². The molecule has 2 bridgehead atoms. The Balaban J connectivity index is 1.89. The summed E-state index contributed by atoms with van der Waals surface area (Å²) >= 11 is 12.2. The van der Waals surface area contributed by atoms with Crippen molar-refractivity contribution in [3.8, 4) is 5.88 Å². The standard InChI is InChI=1S/C15H21Cl2N3O/c1-14(2)8-4-5-15(14,3)11(6-8)21-13-10(17)7-9(16)12(19-13)20-18/h7-8,11H,4-6,18H2,1-3H3,(H,19,20). The van der Waals surface area contributed by atoms with E-state index in [9.17, 15) is 0 Å². The molecule has 3 unspecified atom stereocenters. The summed E-state index contributed by atoms with van der Waals surface area (Å²) in [4.78, 5) is 4.29. The van der Waals surface area contributed by atoms with Gasteiger partial charge in [-0.25, -0.2) is 5.84 Å². The van der Waals surface area contributed by atoms with Gasteiger partial charge in [-0.05, 0) is 36.7 Å². The molecule has 3 rings (SSSR count). The maximum Gasteiger partial charge on any atom is 0.235 e. The minimum Gasteiger partial charge on any atom is -0.473 e. The molecule has 2 aliphatic rings. The predicted octanol–water partition coefficient (Wildman–Crippen LogP) is 4.27. The van der Waals surface area contributed by atoms with Crippen molar-refractivity contribution in [3.05, 3.63) is 16.1 Å². The lowest BCUT2D eigenvalue weighted by molar-refractivity contribution is 0.0275.